The first-order valence-electron chi connectivity index (χ1n) is 6.89. The number of nitrogens with two attached hydrogens (primary N) is 1. The summed E-state index contributed by atoms with van der Waals surface area (Å²) >= 11 is 7.11. The highest BCUT2D eigenvalue weighted by molar-refractivity contribution is 9.10. The maximum Gasteiger partial charge on any atom is 0.131 e. The number of benzene rings is 1. The van der Waals surface area contributed by atoms with E-state index in [9.17, 15) is 0 Å². The van der Waals surface area contributed by atoms with Crippen molar-refractivity contribution in [2.45, 2.75) is 33.4 Å². The zero-order chi connectivity index (χ0) is 15.4. The lowest BCUT2D eigenvalue weighted by Gasteiger charge is -2.11. The van der Waals surface area contributed by atoms with Crippen molar-refractivity contribution in [3.63, 3.8) is 0 Å². The Morgan fingerprint density at radius 1 is 1.33 bits per heavy atom. The lowest BCUT2D eigenvalue weighted by molar-refractivity contribution is 0.291. The highest BCUT2D eigenvalue weighted by Crippen LogP contribution is 2.26. The van der Waals surface area contributed by atoms with Gasteiger partial charge in [-0.3, -0.25) is 4.68 Å². The summed E-state index contributed by atoms with van der Waals surface area (Å²) in [4.78, 5) is 0. The average molecular weight is 417 g/mol. The predicted molar refractivity (Wildman–Crippen MR) is 91.6 cm³/mol. The van der Waals surface area contributed by atoms with Crippen molar-refractivity contribution >= 4 is 31.9 Å². The van der Waals surface area contributed by atoms with Gasteiger partial charge in [-0.25, -0.2) is 0 Å². The Morgan fingerprint density at radius 3 is 2.76 bits per heavy atom. The van der Waals surface area contributed by atoms with Crippen LogP contribution in [0.3, 0.4) is 0 Å². The highest BCUT2D eigenvalue weighted by Gasteiger charge is 2.13. The van der Waals surface area contributed by atoms with E-state index in [2.05, 4.69) is 43.9 Å². The van der Waals surface area contributed by atoms with Crippen molar-refractivity contribution in [2.75, 3.05) is 6.54 Å². The molecule has 0 bridgehead atoms. The molecule has 0 atom stereocenters. The monoisotopic (exact) mass is 415 g/mol. The Kier molecular flexibility index (Phi) is 5.84. The number of aryl methyl sites for hydroxylation is 2. The van der Waals surface area contributed by atoms with Gasteiger partial charge in [0, 0.05) is 11.0 Å². The van der Waals surface area contributed by atoms with E-state index in [4.69, 9.17) is 10.5 Å². The summed E-state index contributed by atoms with van der Waals surface area (Å²) in [5.74, 6) is 0.843. The average Bonchev–Trinajstić information content (AvgIpc) is 2.75. The first kappa shape index (κ1) is 16.5. The molecule has 0 amide bonds. The molecule has 0 unspecified atom stereocenters. The summed E-state index contributed by atoms with van der Waals surface area (Å²) < 4.78 is 9.96. The molecule has 114 valence electrons. The fraction of sp³-hybridized carbons (Fsp3) is 0.400. The Balaban J connectivity index is 2.15. The molecule has 21 heavy (non-hydrogen) atoms. The Hall–Kier alpha value is -0.850. The van der Waals surface area contributed by atoms with E-state index >= 15 is 0 Å². The quantitative estimate of drug-likeness (QED) is 0.778. The van der Waals surface area contributed by atoms with Gasteiger partial charge in [-0.05, 0) is 66.5 Å². The minimum atomic E-state index is 0.485. The lowest BCUT2D eigenvalue weighted by atomic mass is 10.1. The van der Waals surface area contributed by atoms with Crippen LogP contribution < -0.4 is 10.5 Å². The Morgan fingerprint density at radius 2 is 2.10 bits per heavy atom. The number of aromatic nitrogens is 2. The van der Waals surface area contributed by atoms with Crippen LogP contribution in [0.4, 0.5) is 0 Å². The molecule has 0 aliphatic heterocycles. The van der Waals surface area contributed by atoms with Gasteiger partial charge in [0.2, 0.25) is 0 Å². The molecule has 0 saturated heterocycles. The van der Waals surface area contributed by atoms with Crippen LogP contribution in [-0.4, -0.2) is 16.3 Å². The summed E-state index contributed by atoms with van der Waals surface area (Å²) in [6.07, 6.45) is 0.827. The van der Waals surface area contributed by atoms with Crippen molar-refractivity contribution in [1.29, 1.82) is 0 Å². The molecule has 1 heterocycles. The molecule has 2 aromatic rings. The van der Waals surface area contributed by atoms with Crippen LogP contribution >= 0.6 is 31.9 Å². The van der Waals surface area contributed by atoms with E-state index < -0.39 is 0 Å². The first-order chi connectivity index (χ1) is 10.1. The standard InChI is InChI=1S/C15H19Br2N3O/c1-3-20-14(15(17)10(2)19-20)9-21-12-4-5-13(16)11(8-12)6-7-18/h4-5,8H,3,6-7,9,18H2,1-2H3. The fourth-order valence-electron chi connectivity index (χ4n) is 2.15. The third-order valence-electron chi connectivity index (χ3n) is 3.26. The second-order valence-corrected chi connectivity index (χ2v) is 6.39. The zero-order valence-electron chi connectivity index (χ0n) is 12.2. The van der Waals surface area contributed by atoms with E-state index in [1.165, 1.54) is 0 Å². The fourth-order valence-corrected chi connectivity index (χ4v) is 2.99. The van der Waals surface area contributed by atoms with Gasteiger partial charge in [-0.1, -0.05) is 15.9 Å². The molecular formula is C15H19Br2N3O. The van der Waals surface area contributed by atoms with Gasteiger partial charge in [0.05, 0.1) is 15.9 Å². The minimum Gasteiger partial charge on any atom is -0.487 e. The van der Waals surface area contributed by atoms with Crippen molar-refractivity contribution < 1.29 is 4.74 Å². The van der Waals surface area contributed by atoms with Crippen LogP contribution in [0.1, 0.15) is 23.9 Å². The molecule has 6 heteroatoms. The van der Waals surface area contributed by atoms with E-state index in [-0.39, 0.29) is 0 Å². The van der Waals surface area contributed by atoms with Gasteiger partial charge in [-0.2, -0.15) is 5.10 Å². The molecule has 0 saturated carbocycles. The van der Waals surface area contributed by atoms with Gasteiger partial charge in [-0.15, -0.1) is 0 Å². The highest BCUT2D eigenvalue weighted by atomic mass is 79.9. The first-order valence-corrected chi connectivity index (χ1v) is 8.48. The number of hydrogen-bond donors (Lipinski definition) is 1. The van der Waals surface area contributed by atoms with E-state index in [1.54, 1.807) is 0 Å². The third-order valence-corrected chi connectivity index (χ3v) is 5.06. The largest absolute Gasteiger partial charge is 0.487 e. The van der Waals surface area contributed by atoms with Crippen molar-refractivity contribution in [2.24, 2.45) is 5.73 Å². The van der Waals surface area contributed by atoms with Crippen LogP contribution in [0.25, 0.3) is 0 Å². The second-order valence-electron chi connectivity index (χ2n) is 4.74. The maximum atomic E-state index is 5.92. The summed E-state index contributed by atoms with van der Waals surface area (Å²) in [5.41, 5.74) is 8.82. The van der Waals surface area contributed by atoms with Gasteiger partial charge >= 0.3 is 0 Å². The normalized spacial score (nSPS) is 10.9. The molecule has 0 aliphatic carbocycles. The SMILES string of the molecule is CCn1nc(C)c(Br)c1COc1ccc(Br)c(CCN)c1. The van der Waals surface area contributed by atoms with Gasteiger partial charge in [0.25, 0.3) is 0 Å². The van der Waals surface area contributed by atoms with E-state index in [0.717, 1.165) is 44.6 Å². The maximum absolute atomic E-state index is 5.92. The van der Waals surface area contributed by atoms with Gasteiger partial charge in [0.1, 0.15) is 12.4 Å². The van der Waals surface area contributed by atoms with Crippen LogP contribution in [0.2, 0.25) is 0 Å². The molecule has 2 N–H and O–H groups in total. The van der Waals surface area contributed by atoms with Gasteiger partial charge in [0.15, 0.2) is 0 Å². The van der Waals surface area contributed by atoms with Crippen LogP contribution in [0.15, 0.2) is 27.1 Å². The van der Waals surface area contributed by atoms with Crippen molar-refractivity contribution in [3.8, 4) is 5.75 Å². The number of rotatable bonds is 6. The molecule has 1 aromatic carbocycles. The van der Waals surface area contributed by atoms with Crippen LogP contribution in [0, 0.1) is 6.92 Å². The predicted octanol–water partition coefficient (Wildman–Crippen LogP) is 3.82. The summed E-state index contributed by atoms with van der Waals surface area (Å²) in [6.45, 7) is 5.98. The second kappa shape index (κ2) is 7.42. The number of ether oxygens (including phenoxy) is 1. The van der Waals surface area contributed by atoms with E-state index in [0.29, 0.717) is 13.2 Å². The molecule has 0 radical (unpaired) electrons. The Labute approximate surface area is 141 Å². The number of nitrogens with zero attached hydrogens (tertiary/aromatic N) is 2. The summed E-state index contributed by atoms with van der Waals surface area (Å²) in [5, 5.41) is 4.47. The summed E-state index contributed by atoms with van der Waals surface area (Å²) in [6, 6.07) is 5.99. The molecule has 0 fully saturated rings. The smallest absolute Gasteiger partial charge is 0.131 e. The topological polar surface area (TPSA) is 53.1 Å². The molecule has 0 spiro atoms. The third kappa shape index (κ3) is 3.87. The molecule has 0 aliphatic rings. The minimum absolute atomic E-state index is 0.485. The lowest BCUT2D eigenvalue weighted by Crippen LogP contribution is -2.07. The summed E-state index contributed by atoms with van der Waals surface area (Å²) in [7, 11) is 0. The Bertz CT molecular complexity index is 626. The van der Waals surface area contributed by atoms with E-state index in [1.807, 2.05) is 29.8 Å². The van der Waals surface area contributed by atoms with Gasteiger partial charge < -0.3 is 10.5 Å². The number of halogens is 2. The van der Waals surface area contributed by atoms with Crippen molar-refractivity contribution in [3.05, 3.63) is 44.1 Å². The molecular weight excluding hydrogens is 398 g/mol. The molecule has 1 aromatic heterocycles. The molecule has 4 nitrogen and oxygen atoms in total. The van der Waals surface area contributed by atoms with Crippen molar-refractivity contribution in [1.82, 2.24) is 9.78 Å². The van der Waals surface area contributed by atoms with Crippen LogP contribution in [-0.2, 0) is 19.6 Å². The number of hydrogen-bond acceptors (Lipinski definition) is 3. The van der Waals surface area contributed by atoms with Crippen LogP contribution in [0.5, 0.6) is 5.75 Å². The molecule has 2 rings (SSSR count). The zero-order valence-corrected chi connectivity index (χ0v) is 15.4.